The number of nitrogens with zero attached hydrogens (tertiary/aromatic N) is 5. The molecule has 0 saturated carbocycles. The molecule has 160 valence electrons. The first kappa shape index (κ1) is 20.8. The lowest BCUT2D eigenvalue weighted by atomic mass is 10.3. The summed E-state index contributed by atoms with van der Waals surface area (Å²) in [6, 6.07) is 11.0. The standard InChI is InChI=1S/C22H23N5O3S/c1-14(2)27-16(10-12-24-27)21(28)26(13-15-7-5-6-11-23-15)22-25-19-17(29-3)8-9-18(30-4)20(19)31-22/h5-12,14H,13H2,1-4H3. The number of pyridine rings is 1. The second kappa shape index (κ2) is 8.73. The van der Waals surface area contributed by atoms with Crippen LogP contribution in [0.2, 0.25) is 0 Å². The summed E-state index contributed by atoms with van der Waals surface area (Å²) < 4.78 is 13.5. The quantitative estimate of drug-likeness (QED) is 0.428. The first-order chi connectivity index (χ1) is 15.0. The fourth-order valence-corrected chi connectivity index (χ4v) is 4.38. The third kappa shape index (κ3) is 3.96. The Labute approximate surface area is 184 Å². The van der Waals surface area contributed by atoms with Gasteiger partial charge in [0, 0.05) is 18.4 Å². The zero-order chi connectivity index (χ0) is 22.0. The Kier molecular flexibility index (Phi) is 5.85. The smallest absolute Gasteiger partial charge is 0.278 e. The molecule has 0 aliphatic rings. The van der Waals surface area contributed by atoms with Crippen LogP contribution >= 0.6 is 11.3 Å². The fraction of sp³-hybridized carbons (Fsp3) is 0.273. The van der Waals surface area contributed by atoms with Gasteiger partial charge in [0.2, 0.25) is 0 Å². The van der Waals surface area contributed by atoms with Crippen LogP contribution < -0.4 is 14.4 Å². The Morgan fingerprint density at radius 1 is 1.10 bits per heavy atom. The van der Waals surface area contributed by atoms with Gasteiger partial charge >= 0.3 is 0 Å². The van der Waals surface area contributed by atoms with E-state index >= 15 is 0 Å². The number of hydrogen-bond donors (Lipinski definition) is 0. The molecule has 0 aliphatic carbocycles. The molecule has 8 nitrogen and oxygen atoms in total. The molecular weight excluding hydrogens is 414 g/mol. The van der Waals surface area contributed by atoms with Gasteiger partial charge in [-0.25, -0.2) is 4.98 Å². The molecule has 3 heterocycles. The first-order valence-corrected chi connectivity index (χ1v) is 10.6. The van der Waals surface area contributed by atoms with Crippen LogP contribution in [0.25, 0.3) is 10.2 Å². The van der Waals surface area contributed by atoms with Crippen molar-refractivity contribution in [3.63, 3.8) is 0 Å². The first-order valence-electron chi connectivity index (χ1n) is 9.80. The molecule has 0 unspecified atom stereocenters. The van der Waals surface area contributed by atoms with Crippen LogP contribution in [0.4, 0.5) is 5.13 Å². The van der Waals surface area contributed by atoms with E-state index in [0.717, 1.165) is 10.4 Å². The zero-order valence-electron chi connectivity index (χ0n) is 17.8. The van der Waals surface area contributed by atoms with E-state index in [-0.39, 0.29) is 18.5 Å². The van der Waals surface area contributed by atoms with E-state index in [1.165, 1.54) is 11.3 Å². The summed E-state index contributed by atoms with van der Waals surface area (Å²) in [5.74, 6) is 1.10. The second-order valence-electron chi connectivity index (χ2n) is 7.11. The van der Waals surface area contributed by atoms with Crippen molar-refractivity contribution in [3.05, 3.63) is 60.2 Å². The number of ether oxygens (including phenoxy) is 2. The van der Waals surface area contributed by atoms with E-state index in [1.54, 1.807) is 42.3 Å². The lowest BCUT2D eigenvalue weighted by Gasteiger charge is -2.21. The normalized spacial score (nSPS) is 11.1. The molecule has 0 radical (unpaired) electrons. The Morgan fingerprint density at radius 2 is 1.87 bits per heavy atom. The maximum Gasteiger partial charge on any atom is 0.278 e. The molecular formula is C22H23N5O3S. The van der Waals surface area contributed by atoms with Gasteiger partial charge in [-0.1, -0.05) is 17.4 Å². The van der Waals surface area contributed by atoms with Crippen molar-refractivity contribution >= 4 is 32.6 Å². The van der Waals surface area contributed by atoms with Crippen LogP contribution in [0.3, 0.4) is 0 Å². The molecule has 0 bridgehead atoms. The number of thiazole rings is 1. The monoisotopic (exact) mass is 437 g/mol. The predicted octanol–water partition coefficient (Wildman–Crippen LogP) is 4.33. The maximum absolute atomic E-state index is 13.7. The summed E-state index contributed by atoms with van der Waals surface area (Å²) in [7, 11) is 3.21. The summed E-state index contributed by atoms with van der Waals surface area (Å²) in [5, 5.41) is 4.85. The lowest BCUT2D eigenvalue weighted by molar-refractivity contribution is 0.0972. The van der Waals surface area contributed by atoms with E-state index in [2.05, 4.69) is 10.1 Å². The Bertz CT molecular complexity index is 1160. The highest BCUT2D eigenvalue weighted by Crippen LogP contribution is 2.40. The Balaban J connectivity index is 1.84. The molecule has 3 aromatic heterocycles. The lowest BCUT2D eigenvalue weighted by Crippen LogP contribution is -2.32. The number of fused-ring (bicyclic) bond motifs is 1. The summed E-state index contributed by atoms with van der Waals surface area (Å²) in [6.45, 7) is 4.24. The van der Waals surface area contributed by atoms with Crippen molar-refractivity contribution in [3.8, 4) is 11.5 Å². The molecule has 0 spiro atoms. The molecule has 4 rings (SSSR count). The summed E-state index contributed by atoms with van der Waals surface area (Å²) in [4.78, 5) is 24.4. The minimum absolute atomic E-state index is 0.0428. The van der Waals surface area contributed by atoms with Gasteiger partial charge in [-0.15, -0.1) is 0 Å². The maximum atomic E-state index is 13.7. The number of anilines is 1. The number of rotatable bonds is 7. The minimum Gasteiger partial charge on any atom is -0.495 e. The van der Waals surface area contributed by atoms with E-state index in [0.29, 0.717) is 27.8 Å². The van der Waals surface area contributed by atoms with Crippen LogP contribution in [0.1, 0.15) is 36.1 Å². The largest absolute Gasteiger partial charge is 0.495 e. The predicted molar refractivity (Wildman–Crippen MR) is 120 cm³/mol. The average Bonchev–Trinajstić information content (AvgIpc) is 3.45. The highest BCUT2D eigenvalue weighted by atomic mass is 32.1. The Hall–Kier alpha value is -3.46. The second-order valence-corrected chi connectivity index (χ2v) is 8.09. The van der Waals surface area contributed by atoms with Crippen molar-refractivity contribution in [2.45, 2.75) is 26.4 Å². The number of carbonyl (C=O) groups excluding carboxylic acids is 1. The number of carbonyl (C=O) groups is 1. The topological polar surface area (TPSA) is 82.4 Å². The summed E-state index contributed by atoms with van der Waals surface area (Å²) in [6.07, 6.45) is 3.34. The number of methoxy groups -OCH3 is 2. The molecule has 0 aliphatic heterocycles. The van der Waals surface area contributed by atoms with Gasteiger partial charge in [0.15, 0.2) is 5.13 Å². The van der Waals surface area contributed by atoms with Crippen molar-refractivity contribution in [2.24, 2.45) is 0 Å². The van der Waals surface area contributed by atoms with Crippen molar-refractivity contribution in [1.29, 1.82) is 0 Å². The van der Waals surface area contributed by atoms with E-state index in [9.17, 15) is 4.79 Å². The highest BCUT2D eigenvalue weighted by Gasteiger charge is 2.27. The zero-order valence-corrected chi connectivity index (χ0v) is 18.6. The Morgan fingerprint density at radius 3 is 2.55 bits per heavy atom. The van der Waals surface area contributed by atoms with Gasteiger partial charge in [-0.05, 0) is 44.2 Å². The molecule has 0 fully saturated rings. The number of amides is 1. The minimum atomic E-state index is -0.200. The fourth-order valence-electron chi connectivity index (χ4n) is 3.30. The average molecular weight is 438 g/mol. The molecule has 1 aromatic carbocycles. The highest BCUT2D eigenvalue weighted by molar-refractivity contribution is 7.22. The third-order valence-corrected chi connectivity index (χ3v) is 5.89. The third-order valence-electron chi connectivity index (χ3n) is 4.80. The SMILES string of the molecule is COc1ccc(OC)c2sc(N(Cc3ccccn3)C(=O)c3ccnn3C(C)C)nc12. The van der Waals surface area contributed by atoms with Crippen LogP contribution in [0, 0.1) is 0 Å². The molecule has 0 N–H and O–H groups in total. The van der Waals surface area contributed by atoms with Crippen LogP contribution in [-0.2, 0) is 6.54 Å². The van der Waals surface area contributed by atoms with Gasteiger partial charge in [0.1, 0.15) is 27.4 Å². The van der Waals surface area contributed by atoms with E-state index in [1.807, 2.05) is 44.2 Å². The number of hydrogen-bond acceptors (Lipinski definition) is 7. The molecule has 1 amide bonds. The van der Waals surface area contributed by atoms with Crippen LogP contribution in [0.15, 0.2) is 48.8 Å². The number of benzene rings is 1. The summed E-state index contributed by atoms with van der Waals surface area (Å²) >= 11 is 1.38. The van der Waals surface area contributed by atoms with E-state index in [4.69, 9.17) is 14.5 Å². The van der Waals surface area contributed by atoms with Gasteiger partial charge in [0.25, 0.3) is 5.91 Å². The summed E-state index contributed by atoms with van der Waals surface area (Å²) in [5.41, 5.74) is 1.90. The van der Waals surface area contributed by atoms with Crippen molar-refractivity contribution in [2.75, 3.05) is 19.1 Å². The van der Waals surface area contributed by atoms with Gasteiger partial charge in [0.05, 0.1) is 26.5 Å². The molecule has 0 atom stereocenters. The molecule has 0 saturated heterocycles. The number of aromatic nitrogens is 4. The van der Waals surface area contributed by atoms with Crippen LogP contribution in [-0.4, -0.2) is 39.9 Å². The molecule has 4 aromatic rings. The molecule has 9 heteroatoms. The van der Waals surface area contributed by atoms with Gasteiger partial charge < -0.3 is 9.47 Å². The van der Waals surface area contributed by atoms with Crippen molar-refractivity contribution < 1.29 is 14.3 Å². The van der Waals surface area contributed by atoms with Crippen molar-refractivity contribution in [1.82, 2.24) is 19.7 Å². The van der Waals surface area contributed by atoms with Crippen LogP contribution in [0.5, 0.6) is 11.5 Å². The van der Waals surface area contributed by atoms with Gasteiger partial charge in [-0.2, -0.15) is 5.10 Å². The van der Waals surface area contributed by atoms with E-state index < -0.39 is 0 Å². The molecule has 31 heavy (non-hydrogen) atoms. The van der Waals surface area contributed by atoms with Gasteiger partial charge in [-0.3, -0.25) is 19.4 Å².